The maximum atomic E-state index is 10.0. The van der Waals surface area contributed by atoms with Gasteiger partial charge in [-0.05, 0) is 44.7 Å². The zero-order chi connectivity index (χ0) is 25.2. The zero-order valence-electron chi connectivity index (χ0n) is 18.6. The zero-order valence-corrected chi connectivity index (χ0v) is 19.5. The van der Waals surface area contributed by atoms with Crippen LogP contribution in [-0.2, 0) is 47.7 Å². The first-order chi connectivity index (χ1) is 16.9. The van der Waals surface area contributed by atoms with Crippen molar-refractivity contribution in [2.24, 2.45) is 11.8 Å². The molecule has 0 amide bonds. The Morgan fingerprint density at radius 3 is 2.69 bits per heavy atom. The molecule has 1 aromatic rings. The molecule has 2 heterocycles. The van der Waals surface area contributed by atoms with Gasteiger partial charge in [-0.2, -0.15) is 0 Å². The van der Waals surface area contributed by atoms with Gasteiger partial charge in [0, 0.05) is 19.1 Å². The molecule has 0 radical (unpaired) electrons. The predicted octanol–water partition coefficient (Wildman–Crippen LogP) is -2.07. The number of thioether (sulfide) groups is 1. The molecule has 16 nitrogen and oxygen atoms in total. The molecule has 8 atom stereocenters. The smallest absolute Gasteiger partial charge is 0.132 e. The van der Waals surface area contributed by atoms with E-state index in [1.54, 1.807) is 10.9 Å². The molecule has 0 aromatic carbocycles. The Hall–Kier alpha value is -1.03. The molecule has 2 fully saturated rings. The van der Waals surface area contributed by atoms with Crippen LogP contribution in [0.25, 0.3) is 0 Å². The Bertz CT molecular complexity index is 732. The second-order valence-electron chi connectivity index (χ2n) is 8.20. The highest BCUT2D eigenvalue weighted by atomic mass is 32.2. The van der Waals surface area contributed by atoms with Gasteiger partial charge in [0.05, 0.1) is 32.1 Å². The van der Waals surface area contributed by atoms with E-state index in [1.807, 2.05) is 0 Å². The van der Waals surface area contributed by atoms with Crippen LogP contribution >= 0.6 is 11.8 Å². The maximum absolute atomic E-state index is 10.0. The van der Waals surface area contributed by atoms with Crippen LogP contribution in [0.2, 0.25) is 0 Å². The number of aromatic nitrogens is 3. The Labute approximate surface area is 203 Å². The van der Waals surface area contributed by atoms with Gasteiger partial charge in [-0.1, -0.05) is 5.21 Å². The number of nitrogens with zero attached hydrogens (tertiary/aromatic N) is 3. The quantitative estimate of drug-likeness (QED) is 0.0770. The van der Waals surface area contributed by atoms with Crippen molar-refractivity contribution in [1.29, 1.82) is 0 Å². The van der Waals surface area contributed by atoms with Gasteiger partial charge in [0.1, 0.15) is 35.5 Å². The fraction of sp³-hybridized carbons (Fsp3) is 0.889. The second kappa shape index (κ2) is 14.6. The molecule has 17 heteroatoms. The summed E-state index contributed by atoms with van der Waals surface area (Å²) in [5.74, 6) is 0.407. The molecular weight excluding hydrogens is 498 g/mol. The van der Waals surface area contributed by atoms with Crippen LogP contribution in [0.3, 0.4) is 0 Å². The summed E-state index contributed by atoms with van der Waals surface area (Å²) in [6.45, 7) is 0.713. The molecule has 1 aliphatic heterocycles. The fourth-order valence-corrected chi connectivity index (χ4v) is 4.95. The first-order valence-electron chi connectivity index (χ1n) is 10.9. The molecule has 1 aromatic heterocycles. The lowest BCUT2D eigenvalue weighted by atomic mass is 9.71. The second-order valence-corrected chi connectivity index (χ2v) is 9.40. The molecule has 6 N–H and O–H groups in total. The molecule has 1 saturated heterocycles. The number of hydrogen-bond acceptors (Lipinski definition) is 16. The van der Waals surface area contributed by atoms with Crippen LogP contribution < -0.4 is 0 Å². The number of rotatable bonds is 16. The first kappa shape index (κ1) is 28.5. The largest absolute Gasteiger partial charge is 0.394 e. The molecule has 0 bridgehead atoms. The third-order valence-electron chi connectivity index (χ3n) is 5.86. The molecule has 3 rings (SSSR count). The molecular formula is C18H31N3O13S. The SMILES string of the molecule is OCC1OC(SCCCOCc2cn(CC3C(O)CC3COOOOOO)nn2)C(O)C(O)C1O. The van der Waals surface area contributed by atoms with Crippen molar-refractivity contribution in [3.8, 4) is 0 Å². The van der Waals surface area contributed by atoms with Crippen molar-refractivity contribution in [3.63, 3.8) is 0 Å². The molecule has 8 unspecified atom stereocenters. The Balaban J connectivity index is 1.29. The summed E-state index contributed by atoms with van der Waals surface area (Å²) in [7, 11) is 0. The molecule has 35 heavy (non-hydrogen) atoms. The van der Waals surface area contributed by atoms with Crippen LogP contribution in [0.4, 0.5) is 0 Å². The number of aliphatic hydroxyl groups excluding tert-OH is 5. The summed E-state index contributed by atoms with van der Waals surface area (Å²) in [4.78, 5) is 4.74. The average molecular weight is 530 g/mol. The minimum absolute atomic E-state index is 0.0197. The summed E-state index contributed by atoms with van der Waals surface area (Å²) < 4.78 is 12.6. The van der Waals surface area contributed by atoms with Gasteiger partial charge in [0.2, 0.25) is 0 Å². The molecule has 1 saturated carbocycles. The van der Waals surface area contributed by atoms with Gasteiger partial charge in [-0.25, -0.2) is 10.1 Å². The van der Waals surface area contributed by atoms with Gasteiger partial charge >= 0.3 is 0 Å². The predicted molar refractivity (Wildman–Crippen MR) is 111 cm³/mol. The number of hydrogen-bond donors (Lipinski definition) is 6. The van der Waals surface area contributed by atoms with Crippen molar-refractivity contribution >= 4 is 11.8 Å². The molecule has 0 spiro atoms. The summed E-state index contributed by atoms with van der Waals surface area (Å²) in [6.07, 6.45) is -2.59. The van der Waals surface area contributed by atoms with Crippen molar-refractivity contribution < 1.29 is 65.3 Å². The van der Waals surface area contributed by atoms with Crippen molar-refractivity contribution in [1.82, 2.24) is 15.0 Å². The van der Waals surface area contributed by atoms with Crippen LogP contribution in [0.5, 0.6) is 0 Å². The Morgan fingerprint density at radius 1 is 1.11 bits per heavy atom. The minimum atomic E-state index is -1.38. The van der Waals surface area contributed by atoms with Crippen LogP contribution in [0.15, 0.2) is 6.20 Å². The number of aliphatic hydroxyl groups is 5. The lowest BCUT2D eigenvalue weighted by molar-refractivity contribution is -0.753. The summed E-state index contributed by atoms with van der Waals surface area (Å²) >= 11 is 1.26. The highest BCUT2D eigenvalue weighted by Gasteiger charge is 2.43. The molecule has 1 aliphatic carbocycles. The summed E-state index contributed by atoms with van der Waals surface area (Å²) in [5, 5.41) is 79.6. The number of ether oxygens (including phenoxy) is 2. The van der Waals surface area contributed by atoms with E-state index in [4.69, 9.17) is 19.6 Å². The lowest BCUT2D eigenvalue weighted by Crippen LogP contribution is -2.57. The molecule has 2 aliphatic rings. The van der Waals surface area contributed by atoms with Gasteiger partial charge in [-0.15, -0.1) is 16.9 Å². The third kappa shape index (κ3) is 8.23. The third-order valence-corrected chi connectivity index (χ3v) is 7.10. The van der Waals surface area contributed by atoms with E-state index in [0.717, 1.165) is 0 Å². The monoisotopic (exact) mass is 529 g/mol. The Kier molecular flexibility index (Phi) is 11.9. The fourth-order valence-electron chi connectivity index (χ4n) is 3.85. The lowest BCUT2D eigenvalue weighted by Gasteiger charge is -2.40. The van der Waals surface area contributed by atoms with Crippen molar-refractivity contribution in [2.45, 2.75) is 61.9 Å². The van der Waals surface area contributed by atoms with Gasteiger partial charge in [0.15, 0.2) is 0 Å². The van der Waals surface area contributed by atoms with E-state index in [2.05, 4.69) is 30.5 Å². The average Bonchev–Trinajstić information content (AvgIpc) is 3.31. The van der Waals surface area contributed by atoms with E-state index in [9.17, 15) is 25.5 Å². The highest BCUT2D eigenvalue weighted by Crippen LogP contribution is 2.36. The van der Waals surface area contributed by atoms with Crippen LogP contribution in [0.1, 0.15) is 18.5 Å². The maximum Gasteiger partial charge on any atom is 0.132 e. The van der Waals surface area contributed by atoms with E-state index < -0.39 is 42.6 Å². The van der Waals surface area contributed by atoms with E-state index in [-0.39, 0.29) is 25.0 Å². The van der Waals surface area contributed by atoms with Crippen LogP contribution in [0, 0.1) is 11.8 Å². The van der Waals surface area contributed by atoms with Crippen molar-refractivity contribution in [2.75, 3.05) is 25.6 Å². The van der Waals surface area contributed by atoms with E-state index in [0.29, 0.717) is 37.4 Å². The normalized spacial score (nSPS) is 33.1. The van der Waals surface area contributed by atoms with Crippen LogP contribution in [-0.4, -0.2) is 107 Å². The van der Waals surface area contributed by atoms with Gasteiger partial charge in [0.25, 0.3) is 0 Å². The van der Waals surface area contributed by atoms with E-state index in [1.165, 1.54) is 11.8 Å². The Morgan fingerprint density at radius 2 is 1.94 bits per heavy atom. The van der Waals surface area contributed by atoms with E-state index >= 15 is 0 Å². The van der Waals surface area contributed by atoms with Gasteiger partial charge in [-0.3, -0.25) is 4.68 Å². The summed E-state index contributed by atoms with van der Waals surface area (Å²) in [5.41, 5.74) is -0.144. The van der Waals surface area contributed by atoms with Crippen molar-refractivity contribution in [3.05, 3.63) is 11.9 Å². The minimum Gasteiger partial charge on any atom is -0.394 e. The summed E-state index contributed by atoms with van der Waals surface area (Å²) in [6, 6.07) is 0. The van der Waals surface area contributed by atoms with Gasteiger partial charge < -0.3 is 35.0 Å². The topological polar surface area (TPSA) is 217 Å². The standard InChI is InChI=1S/C18H31N3O13S/c22-7-14-15(24)16(25)17(26)18(30-14)35-3-1-2-28-9-11-5-21(20-19-11)6-12-10(4-13(12)23)8-29-32-34-33-31-27/h5,10,12-18,22-27H,1-4,6-9H2. The first-order valence-corrected chi connectivity index (χ1v) is 12.0. The molecule has 202 valence electrons. The highest BCUT2D eigenvalue weighted by molar-refractivity contribution is 7.99.